The van der Waals surface area contributed by atoms with E-state index in [1.165, 1.54) is 11.3 Å². The van der Waals surface area contributed by atoms with Gasteiger partial charge in [-0.15, -0.1) is 11.3 Å². The van der Waals surface area contributed by atoms with Gasteiger partial charge in [-0.3, -0.25) is 9.36 Å². The molecule has 1 N–H and O–H groups in total. The molecule has 0 atom stereocenters. The number of halogens is 1. The smallest absolute Gasteiger partial charge is 0.262 e. The molecule has 0 saturated heterocycles. The molecule has 1 aliphatic heterocycles. The van der Waals surface area contributed by atoms with E-state index in [2.05, 4.69) is 20.9 Å². The van der Waals surface area contributed by atoms with Gasteiger partial charge in [0.25, 0.3) is 5.56 Å². The summed E-state index contributed by atoms with van der Waals surface area (Å²) >= 11 is 4.83. The summed E-state index contributed by atoms with van der Waals surface area (Å²) in [5, 5.41) is 11.3. The van der Waals surface area contributed by atoms with Crippen LogP contribution in [0.4, 0.5) is 0 Å². The number of phenolic OH excluding ortho intramolecular Hbond substituents is 1. The molecule has 0 spiro atoms. The molecule has 1 aliphatic rings. The van der Waals surface area contributed by atoms with Crippen molar-refractivity contribution < 1.29 is 5.11 Å². The quantitative estimate of drug-likeness (QED) is 0.686. The van der Waals surface area contributed by atoms with Gasteiger partial charge in [-0.2, -0.15) is 0 Å². The zero-order chi connectivity index (χ0) is 13.1. The largest absolute Gasteiger partial charge is 0.507 e. The predicted octanol–water partition coefficient (Wildman–Crippen LogP) is 3.03. The lowest BCUT2D eigenvalue weighted by Gasteiger charge is -2.01. The highest BCUT2D eigenvalue weighted by Gasteiger charge is 2.20. The van der Waals surface area contributed by atoms with Crippen molar-refractivity contribution in [3.8, 4) is 5.75 Å². The highest BCUT2D eigenvalue weighted by atomic mass is 79.9. The lowest BCUT2D eigenvalue weighted by molar-refractivity contribution is 0.473. The summed E-state index contributed by atoms with van der Waals surface area (Å²) in [6.45, 7) is 0.758. The highest BCUT2D eigenvalue weighted by molar-refractivity contribution is 9.10. The van der Waals surface area contributed by atoms with E-state index < -0.39 is 0 Å². The summed E-state index contributed by atoms with van der Waals surface area (Å²) in [5.41, 5.74) is 0.0429. The Labute approximate surface area is 120 Å². The number of aromatic nitrogens is 2. The first-order valence-electron chi connectivity index (χ1n) is 6.00. The number of fused-ring (bicyclic) bond motifs is 4. The Morgan fingerprint density at radius 1 is 1.42 bits per heavy atom. The molecule has 4 nitrogen and oxygen atoms in total. The van der Waals surface area contributed by atoms with Gasteiger partial charge in [0, 0.05) is 18.4 Å². The summed E-state index contributed by atoms with van der Waals surface area (Å²) < 4.78 is 3.29. The number of hydrogen-bond donors (Lipinski definition) is 1. The normalized spacial score (nSPS) is 14.4. The molecule has 0 amide bonds. The van der Waals surface area contributed by atoms with E-state index >= 15 is 0 Å². The van der Waals surface area contributed by atoms with Crippen molar-refractivity contribution in [1.82, 2.24) is 9.55 Å². The highest BCUT2D eigenvalue weighted by Crippen LogP contribution is 2.40. The minimum atomic E-state index is 0.0429. The Kier molecular flexibility index (Phi) is 2.29. The van der Waals surface area contributed by atoms with Gasteiger partial charge in [0.15, 0.2) is 0 Å². The van der Waals surface area contributed by atoms with E-state index in [1.54, 1.807) is 16.7 Å². The lowest BCUT2D eigenvalue weighted by atomic mass is 10.2. The summed E-state index contributed by atoms with van der Waals surface area (Å²) in [6.07, 6.45) is 1.85. The van der Waals surface area contributed by atoms with Gasteiger partial charge in [-0.05, 0) is 34.5 Å². The first kappa shape index (κ1) is 11.4. The number of hydrogen-bond acceptors (Lipinski definition) is 4. The van der Waals surface area contributed by atoms with E-state index in [1.807, 2.05) is 0 Å². The number of nitrogens with zero attached hydrogens (tertiary/aromatic N) is 2. The molecule has 3 aromatic rings. The second-order valence-electron chi connectivity index (χ2n) is 4.65. The van der Waals surface area contributed by atoms with Crippen molar-refractivity contribution in [3.63, 3.8) is 0 Å². The Balaban J connectivity index is 2.26. The van der Waals surface area contributed by atoms with Crippen LogP contribution in [0.5, 0.6) is 5.75 Å². The van der Waals surface area contributed by atoms with Crippen LogP contribution in [0, 0.1) is 0 Å². The molecular formula is C13H9BrN2O2S. The van der Waals surface area contributed by atoms with Crippen molar-refractivity contribution in [2.45, 2.75) is 19.4 Å². The molecule has 1 aromatic carbocycles. The molecule has 6 heteroatoms. The fourth-order valence-electron chi connectivity index (χ4n) is 2.64. The van der Waals surface area contributed by atoms with E-state index in [4.69, 9.17) is 0 Å². The molecule has 0 aliphatic carbocycles. The molecule has 0 unspecified atom stereocenters. The Hall–Kier alpha value is -1.40. The lowest BCUT2D eigenvalue weighted by Crippen LogP contribution is -2.20. The third kappa shape index (κ3) is 1.44. The third-order valence-corrected chi connectivity index (χ3v) is 5.72. The monoisotopic (exact) mass is 336 g/mol. The summed E-state index contributed by atoms with van der Waals surface area (Å²) in [5.74, 6) is 1.07. The number of phenols is 1. The molecule has 19 heavy (non-hydrogen) atoms. The van der Waals surface area contributed by atoms with Gasteiger partial charge in [0.05, 0.1) is 14.6 Å². The molecule has 96 valence electrons. The van der Waals surface area contributed by atoms with E-state index in [0.717, 1.165) is 40.1 Å². The Morgan fingerprint density at radius 3 is 3.11 bits per heavy atom. The van der Waals surface area contributed by atoms with Gasteiger partial charge in [0.1, 0.15) is 16.4 Å². The Morgan fingerprint density at radius 2 is 2.26 bits per heavy atom. The number of thiophene rings is 1. The zero-order valence-electron chi connectivity index (χ0n) is 9.81. The minimum Gasteiger partial charge on any atom is -0.507 e. The fourth-order valence-corrected chi connectivity index (χ4v) is 4.34. The molecular weight excluding hydrogens is 328 g/mol. The summed E-state index contributed by atoms with van der Waals surface area (Å²) in [6, 6.07) is 3.40. The maximum absolute atomic E-state index is 12.5. The van der Waals surface area contributed by atoms with Crippen LogP contribution in [0.2, 0.25) is 0 Å². The van der Waals surface area contributed by atoms with Gasteiger partial charge < -0.3 is 5.11 Å². The number of rotatable bonds is 0. The molecule has 0 bridgehead atoms. The van der Waals surface area contributed by atoms with Crippen LogP contribution in [-0.4, -0.2) is 14.7 Å². The van der Waals surface area contributed by atoms with Gasteiger partial charge in [0.2, 0.25) is 0 Å². The van der Waals surface area contributed by atoms with Crippen LogP contribution < -0.4 is 5.56 Å². The molecule has 3 heterocycles. The van der Waals surface area contributed by atoms with Gasteiger partial charge in [-0.1, -0.05) is 0 Å². The van der Waals surface area contributed by atoms with Crippen molar-refractivity contribution in [2.24, 2.45) is 0 Å². The van der Waals surface area contributed by atoms with Crippen molar-refractivity contribution in [1.29, 1.82) is 0 Å². The van der Waals surface area contributed by atoms with Crippen molar-refractivity contribution in [2.75, 3.05) is 0 Å². The van der Waals surface area contributed by atoms with Gasteiger partial charge >= 0.3 is 0 Å². The van der Waals surface area contributed by atoms with Crippen LogP contribution in [0.3, 0.4) is 0 Å². The second-order valence-corrected chi connectivity index (χ2v) is 6.44. The first-order chi connectivity index (χ1) is 9.16. The minimum absolute atomic E-state index is 0.0429. The second kappa shape index (κ2) is 3.80. The van der Waals surface area contributed by atoms with E-state index in [0.29, 0.717) is 9.86 Å². The fraction of sp³-hybridized carbons (Fsp3) is 0.231. The standard InChI is InChI=1S/C13H9BrN2O2S/c14-10-7(17)4-3-6-9-12(19-11(6)10)15-8-2-1-5-16(8)13(9)18/h3-4,17H,1-2,5H2. The van der Waals surface area contributed by atoms with Crippen LogP contribution in [0.15, 0.2) is 21.4 Å². The maximum atomic E-state index is 12.5. The summed E-state index contributed by atoms with van der Waals surface area (Å²) in [7, 11) is 0. The van der Waals surface area contributed by atoms with Crippen molar-refractivity contribution in [3.05, 3.63) is 32.8 Å². The summed E-state index contributed by atoms with van der Waals surface area (Å²) in [4.78, 5) is 17.9. The number of aromatic hydroxyl groups is 1. The average Bonchev–Trinajstić information content (AvgIpc) is 2.98. The van der Waals surface area contributed by atoms with Crippen LogP contribution in [-0.2, 0) is 13.0 Å². The molecule has 2 aromatic heterocycles. The SMILES string of the molecule is O=c1c2c(nc3n1CCC3)sc1c(Br)c(O)ccc12. The van der Waals surface area contributed by atoms with Crippen LogP contribution in [0.25, 0.3) is 20.3 Å². The molecule has 0 saturated carbocycles. The van der Waals surface area contributed by atoms with Crippen molar-refractivity contribution >= 4 is 47.6 Å². The predicted molar refractivity (Wildman–Crippen MR) is 79.1 cm³/mol. The average molecular weight is 337 g/mol. The Bertz CT molecular complexity index is 897. The van der Waals surface area contributed by atoms with E-state index in [9.17, 15) is 9.90 Å². The van der Waals surface area contributed by atoms with Crippen LogP contribution in [0.1, 0.15) is 12.2 Å². The van der Waals surface area contributed by atoms with E-state index in [-0.39, 0.29) is 11.3 Å². The first-order valence-corrected chi connectivity index (χ1v) is 7.61. The van der Waals surface area contributed by atoms with Gasteiger partial charge in [-0.25, -0.2) is 4.98 Å². The topological polar surface area (TPSA) is 55.1 Å². The maximum Gasteiger partial charge on any atom is 0.262 e. The third-order valence-electron chi connectivity index (χ3n) is 3.54. The number of benzene rings is 1. The molecule has 0 fully saturated rings. The number of aryl methyl sites for hydroxylation is 1. The molecule has 0 radical (unpaired) electrons. The molecule has 4 rings (SSSR count). The van der Waals surface area contributed by atoms with Crippen LogP contribution >= 0.6 is 27.3 Å². The zero-order valence-corrected chi connectivity index (χ0v) is 12.2.